The van der Waals surface area contributed by atoms with Gasteiger partial charge in [-0.15, -0.1) is 0 Å². The maximum atomic E-state index is 5.60. The van der Waals surface area contributed by atoms with Crippen molar-refractivity contribution in [3.05, 3.63) is 0 Å². The van der Waals surface area contributed by atoms with E-state index in [1.54, 1.807) is 14.2 Å². The molecular weight excluding hydrogens is 156 g/mol. The number of methoxy groups -OCH3 is 2. The Morgan fingerprint density at radius 2 is 1.92 bits per heavy atom. The van der Waals surface area contributed by atoms with Crippen molar-refractivity contribution in [2.75, 3.05) is 27.8 Å². The van der Waals surface area contributed by atoms with Gasteiger partial charge in [0.2, 0.25) is 0 Å². The standard InChI is InChI=1S/C8H20N2O2/c1-8(6-9,10-2)5-7(11-3)12-4/h7,10H,5-6,9H2,1-4H3. The number of likely N-dealkylation sites (N-methyl/N-ethyl adjacent to an activating group) is 1. The van der Waals surface area contributed by atoms with Gasteiger partial charge in [0.05, 0.1) is 0 Å². The zero-order chi connectivity index (χ0) is 9.61. The number of hydrogen-bond donors (Lipinski definition) is 2. The highest BCUT2D eigenvalue weighted by Crippen LogP contribution is 2.12. The molecule has 0 fully saturated rings. The molecular formula is C8H20N2O2. The van der Waals surface area contributed by atoms with Crippen molar-refractivity contribution < 1.29 is 9.47 Å². The molecule has 0 heterocycles. The third kappa shape index (κ3) is 3.49. The predicted molar refractivity (Wildman–Crippen MR) is 48.9 cm³/mol. The van der Waals surface area contributed by atoms with Crippen molar-refractivity contribution in [3.63, 3.8) is 0 Å². The van der Waals surface area contributed by atoms with Crippen LogP contribution in [0.25, 0.3) is 0 Å². The Hall–Kier alpha value is -0.160. The lowest BCUT2D eigenvalue weighted by Gasteiger charge is -2.30. The van der Waals surface area contributed by atoms with Gasteiger partial charge < -0.3 is 20.5 Å². The summed E-state index contributed by atoms with van der Waals surface area (Å²) in [5.74, 6) is 0. The maximum Gasteiger partial charge on any atom is 0.158 e. The van der Waals surface area contributed by atoms with Crippen molar-refractivity contribution >= 4 is 0 Å². The lowest BCUT2D eigenvalue weighted by atomic mass is 9.98. The molecule has 0 aliphatic rings. The fourth-order valence-corrected chi connectivity index (χ4v) is 0.918. The highest BCUT2D eigenvalue weighted by Gasteiger charge is 2.24. The maximum absolute atomic E-state index is 5.60. The van der Waals surface area contributed by atoms with Crippen LogP contribution >= 0.6 is 0 Å². The molecule has 1 unspecified atom stereocenters. The molecule has 4 heteroatoms. The minimum absolute atomic E-state index is 0.114. The average molecular weight is 176 g/mol. The molecule has 1 atom stereocenters. The van der Waals surface area contributed by atoms with Crippen molar-refractivity contribution in [1.82, 2.24) is 5.32 Å². The fourth-order valence-electron chi connectivity index (χ4n) is 0.918. The van der Waals surface area contributed by atoms with Crippen molar-refractivity contribution in [3.8, 4) is 0 Å². The van der Waals surface area contributed by atoms with Gasteiger partial charge in [0.15, 0.2) is 6.29 Å². The van der Waals surface area contributed by atoms with Crippen molar-refractivity contribution in [1.29, 1.82) is 0 Å². The van der Waals surface area contributed by atoms with Crippen LogP contribution in [0.1, 0.15) is 13.3 Å². The lowest BCUT2D eigenvalue weighted by Crippen LogP contribution is -2.49. The van der Waals surface area contributed by atoms with Gasteiger partial charge in [-0.25, -0.2) is 0 Å². The topological polar surface area (TPSA) is 56.5 Å². The third-order valence-corrected chi connectivity index (χ3v) is 2.20. The summed E-state index contributed by atoms with van der Waals surface area (Å²) in [6.07, 6.45) is 0.554. The Balaban J connectivity index is 3.99. The van der Waals surface area contributed by atoms with Crippen molar-refractivity contribution in [2.45, 2.75) is 25.2 Å². The summed E-state index contributed by atoms with van der Waals surface area (Å²) in [6, 6.07) is 0. The molecule has 0 aromatic heterocycles. The molecule has 0 aromatic rings. The van der Waals surface area contributed by atoms with E-state index in [1.165, 1.54) is 0 Å². The monoisotopic (exact) mass is 176 g/mol. The summed E-state index contributed by atoms with van der Waals surface area (Å²) in [7, 11) is 5.14. The Morgan fingerprint density at radius 1 is 1.42 bits per heavy atom. The molecule has 0 aliphatic carbocycles. The molecule has 0 amide bonds. The molecule has 0 radical (unpaired) electrons. The third-order valence-electron chi connectivity index (χ3n) is 2.20. The second-order valence-corrected chi connectivity index (χ2v) is 3.12. The zero-order valence-electron chi connectivity index (χ0n) is 8.39. The minimum atomic E-state index is -0.189. The van der Waals surface area contributed by atoms with Crippen LogP contribution in [-0.4, -0.2) is 39.6 Å². The Morgan fingerprint density at radius 3 is 2.17 bits per heavy atom. The first-order chi connectivity index (χ1) is 5.61. The molecule has 0 saturated carbocycles. The number of rotatable bonds is 6. The van der Waals surface area contributed by atoms with Crippen LogP contribution in [0, 0.1) is 0 Å². The largest absolute Gasteiger partial charge is 0.356 e. The molecule has 0 saturated heterocycles. The second kappa shape index (κ2) is 5.48. The first-order valence-electron chi connectivity index (χ1n) is 4.06. The quantitative estimate of drug-likeness (QED) is 0.556. The van der Waals surface area contributed by atoms with Crippen LogP contribution in [0.4, 0.5) is 0 Å². The first kappa shape index (κ1) is 11.8. The first-order valence-corrected chi connectivity index (χ1v) is 4.06. The number of hydrogen-bond acceptors (Lipinski definition) is 4. The van der Waals surface area contributed by atoms with Gasteiger partial charge in [0.25, 0.3) is 0 Å². The molecule has 12 heavy (non-hydrogen) atoms. The van der Waals surface area contributed by atoms with E-state index in [9.17, 15) is 0 Å². The van der Waals surface area contributed by atoms with E-state index in [-0.39, 0.29) is 11.8 Å². The summed E-state index contributed by atoms with van der Waals surface area (Å²) in [4.78, 5) is 0. The Bertz CT molecular complexity index is 112. The van der Waals surface area contributed by atoms with E-state index in [4.69, 9.17) is 15.2 Å². The highest BCUT2D eigenvalue weighted by molar-refractivity contribution is 4.83. The second-order valence-electron chi connectivity index (χ2n) is 3.12. The number of ether oxygens (including phenoxy) is 2. The predicted octanol–water partition coefficient (Wildman–Crippen LogP) is -0.0678. The van der Waals surface area contributed by atoms with E-state index in [0.717, 1.165) is 6.42 Å². The molecule has 0 aliphatic heterocycles. The van der Waals surface area contributed by atoms with Gasteiger partial charge in [-0.3, -0.25) is 0 Å². The van der Waals surface area contributed by atoms with Gasteiger partial charge >= 0.3 is 0 Å². The normalized spacial score (nSPS) is 16.5. The SMILES string of the molecule is CNC(C)(CN)CC(OC)OC. The molecule has 74 valence electrons. The van der Waals surface area contributed by atoms with E-state index < -0.39 is 0 Å². The van der Waals surface area contributed by atoms with Crippen molar-refractivity contribution in [2.24, 2.45) is 5.73 Å². The van der Waals surface area contributed by atoms with Crippen LogP contribution in [0.2, 0.25) is 0 Å². The van der Waals surface area contributed by atoms with Gasteiger partial charge in [-0.2, -0.15) is 0 Å². The molecule has 0 spiro atoms. The van der Waals surface area contributed by atoms with Crippen LogP contribution in [0.15, 0.2) is 0 Å². The van der Waals surface area contributed by atoms with E-state index >= 15 is 0 Å². The number of nitrogens with one attached hydrogen (secondary N) is 1. The van der Waals surface area contributed by atoms with Gasteiger partial charge in [-0.05, 0) is 14.0 Å². The average Bonchev–Trinajstić information content (AvgIpc) is 2.14. The smallest absolute Gasteiger partial charge is 0.158 e. The highest BCUT2D eigenvalue weighted by atomic mass is 16.7. The summed E-state index contributed by atoms with van der Waals surface area (Å²) in [6.45, 7) is 2.60. The molecule has 4 nitrogen and oxygen atoms in total. The van der Waals surface area contributed by atoms with Gasteiger partial charge in [0.1, 0.15) is 0 Å². The number of nitrogens with two attached hydrogens (primary N) is 1. The Labute approximate surface area is 74.4 Å². The van der Waals surface area contributed by atoms with Gasteiger partial charge in [-0.1, -0.05) is 0 Å². The summed E-state index contributed by atoms with van der Waals surface area (Å²) in [5, 5.41) is 3.14. The lowest BCUT2D eigenvalue weighted by molar-refractivity contribution is -0.116. The minimum Gasteiger partial charge on any atom is -0.356 e. The van der Waals surface area contributed by atoms with Crippen LogP contribution in [0.5, 0.6) is 0 Å². The molecule has 3 N–H and O–H groups in total. The van der Waals surface area contributed by atoms with Crippen LogP contribution in [0.3, 0.4) is 0 Å². The van der Waals surface area contributed by atoms with E-state index in [1.807, 2.05) is 14.0 Å². The summed E-state index contributed by atoms with van der Waals surface area (Å²) >= 11 is 0. The summed E-state index contributed by atoms with van der Waals surface area (Å²) in [5.41, 5.74) is 5.49. The Kier molecular flexibility index (Phi) is 5.41. The van der Waals surface area contributed by atoms with Crippen LogP contribution < -0.4 is 11.1 Å². The molecule has 0 bridgehead atoms. The van der Waals surface area contributed by atoms with Gasteiger partial charge in [0, 0.05) is 32.7 Å². The zero-order valence-corrected chi connectivity index (χ0v) is 8.39. The summed E-state index contributed by atoms with van der Waals surface area (Å²) < 4.78 is 10.2. The molecule has 0 aromatic carbocycles. The van der Waals surface area contributed by atoms with Crippen LogP contribution in [-0.2, 0) is 9.47 Å². The molecule has 0 rings (SSSR count). The fraction of sp³-hybridized carbons (Fsp3) is 1.00. The van der Waals surface area contributed by atoms with E-state index in [2.05, 4.69) is 5.32 Å². The van der Waals surface area contributed by atoms with E-state index in [0.29, 0.717) is 6.54 Å².